The summed E-state index contributed by atoms with van der Waals surface area (Å²) >= 11 is 0. The summed E-state index contributed by atoms with van der Waals surface area (Å²) in [7, 11) is 1.72. The van der Waals surface area contributed by atoms with Gasteiger partial charge in [0.15, 0.2) is 0 Å². The summed E-state index contributed by atoms with van der Waals surface area (Å²) in [4.78, 5) is 19.6. The molecular weight excluding hydrogens is 270 g/mol. The van der Waals surface area contributed by atoms with Crippen molar-refractivity contribution in [2.75, 3.05) is 50.0 Å². The zero-order chi connectivity index (χ0) is 15.4. The van der Waals surface area contributed by atoms with Gasteiger partial charge in [0.25, 0.3) is 5.69 Å². The number of hydrogen-bond acceptors (Lipinski definition) is 6. The molecule has 7 heteroatoms. The van der Waals surface area contributed by atoms with Gasteiger partial charge in [-0.15, -0.1) is 0 Å². The highest BCUT2D eigenvalue weighted by Gasteiger charge is 2.21. The summed E-state index contributed by atoms with van der Waals surface area (Å²) in [5.74, 6) is 1.87. The molecule has 0 saturated carbocycles. The predicted octanol–water partition coefficient (Wildman–Crippen LogP) is 1.81. The van der Waals surface area contributed by atoms with Gasteiger partial charge < -0.3 is 10.2 Å². The van der Waals surface area contributed by atoms with Crippen molar-refractivity contribution >= 4 is 17.3 Å². The molecule has 1 saturated heterocycles. The normalized spacial score (nSPS) is 16.3. The number of hydrogen-bond donors (Lipinski definition) is 1. The average Bonchev–Trinajstić information content (AvgIpc) is 2.46. The zero-order valence-electron chi connectivity index (χ0n) is 12.9. The number of nitro groups is 1. The molecule has 2 rings (SSSR count). The Bertz CT molecular complexity index is 498. The second-order valence-corrected chi connectivity index (χ2v) is 5.76. The molecule has 1 aromatic rings. The van der Waals surface area contributed by atoms with Crippen molar-refractivity contribution in [2.45, 2.75) is 13.8 Å². The Balaban J connectivity index is 2.09. The lowest BCUT2D eigenvalue weighted by Crippen LogP contribution is -2.47. The van der Waals surface area contributed by atoms with Crippen molar-refractivity contribution in [1.29, 1.82) is 0 Å². The molecule has 0 bridgehead atoms. The topological polar surface area (TPSA) is 74.5 Å². The fraction of sp³-hybridized carbons (Fsp3) is 0.643. The molecule has 116 valence electrons. The zero-order valence-corrected chi connectivity index (χ0v) is 12.9. The van der Waals surface area contributed by atoms with Crippen molar-refractivity contribution in [3.63, 3.8) is 0 Å². The van der Waals surface area contributed by atoms with Gasteiger partial charge in [-0.2, -0.15) is 0 Å². The van der Waals surface area contributed by atoms with E-state index in [1.807, 2.05) is 0 Å². The number of anilines is 2. The van der Waals surface area contributed by atoms with Gasteiger partial charge in [0.1, 0.15) is 11.6 Å². The van der Waals surface area contributed by atoms with Crippen LogP contribution in [0.4, 0.5) is 17.3 Å². The molecule has 0 radical (unpaired) electrons. The van der Waals surface area contributed by atoms with E-state index in [9.17, 15) is 10.1 Å². The van der Waals surface area contributed by atoms with Crippen molar-refractivity contribution < 1.29 is 4.92 Å². The Morgan fingerprint density at radius 1 is 1.33 bits per heavy atom. The van der Waals surface area contributed by atoms with E-state index < -0.39 is 0 Å². The lowest BCUT2D eigenvalue weighted by Gasteiger charge is -2.36. The van der Waals surface area contributed by atoms with Crippen LogP contribution in [0.5, 0.6) is 0 Å². The van der Waals surface area contributed by atoms with E-state index in [-0.39, 0.29) is 10.6 Å². The van der Waals surface area contributed by atoms with E-state index in [0.29, 0.717) is 17.6 Å². The molecule has 7 nitrogen and oxygen atoms in total. The van der Waals surface area contributed by atoms with Crippen LogP contribution in [0.2, 0.25) is 0 Å². The maximum absolute atomic E-state index is 11.0. The molecule has 21 heavy (non-hydrogen) atoms. The summed E-state index contributed by atoms with van der Waals surface area (Å²) in [5, 5.41) is 13.9. The van der Waals surface area contributed by atoms with Crippen LogP contribution in [0.25, 0.3) is 0 Å². The molecule has 0 spiro atoms. The van der Waals surface area contributed by atoms with Gasteiger partial charge in [0, 0.05) is 39.8 Å². The van der Waals surface area contributed by atoms with E-state index in [1.165, 1.54) is 6.07 Å². The van der Waals surface area contributed by atoms with E-state index in [1.54, 1.807) is 13.1 Å². The third-order valence-corrected chi connectivity index (χ3v) is 3.58. The van der Waals surface area contributed by atoms with E-state index in [0.717, 1.165) is 32.7 Å². The highest BCUT2D eigenvalue weighted by atomic mass is 16.6. The molecule has 0 unspecified atom stereocenters. The van der Waals surface area contributed by atoms with Crippen LogP contribution in [0, 0.1) is 16.0 Å². The van der Waals surface area contributed by atoms with Gasteiger partial charge in [-0.1, -0.05) is 13.8 Å². The highest BCUT2D eigenvalue weighted by Crippen LogP contribution is 2.24. The van der Waals surface area contributed by atoms with Crippen molar-refractivity contribution in [3.05, 3.63) is 22.2 Å². The van der Waals surface area contributed by atoms with Gasteiger partial charge in [0.2, 0.25) is 0 Å². The molecule has 0 aliphatic carbocycles. The van der Waals surface area contributed by atoms with Crippen molar-refractivity contribution in [3.8, 4) is 0 Å². The molecule has 1 fully saturated rings. The van der Waals surface area contributed by atoms with Crippen LogP contribution in [0.15, 0.2) is 12.1 Å². The standard InChI is InChI=1S/C14H23N5O2/c1-11(2)10-17-4-6-18(7-5-17)14-9-12(19(20)21)8-13(15-3)16-14/h8-9,11H,4-7,10H2,1-3H3,(H,15,16). The summed E-state index contributed by atoms with van der Waals surface area (Å²) in [6, 6.07) is 3.01. The molecule has 0 aromatic carbocycles. The minimum Gasteiger partial charge on any atom is -0.373 e. The van der Waals surface area contributed by atoms with Crippen LogP contribution >= 0.6 is 0 Å². The molecule has 1 aromatic heterocycles. The minimum atomic E-state index is -0.374. The molecule has 0 amide bonds. The van der Waals surface area contributed by atoms with Gasteiger partial charge in [-0.3, -0.25) is 15.0 Å². The second kappa shape index (κ2) is 6.71. The number of nitrogens with zero attached hydrogens (tertiary/aromatic N) is 4. The lowest BCUT2D eigenvalue weighted by atomic mass is 10.2. The monoisotopic (exact) mass is 293 g/mol. The Hall–Kier alpha value is -1.89. The predicted molar refractivity (Wildman–Crippen MR) is 83.9 cm³/mol. The molecule has 1 aliphatic rings. The van der Waals surface area contributed by atoms with Crippen molar-refractivity contribution in [1.82, 2.24) is 9.88 Å². The average molecular weight is 293 g/mol. The fourth-order valence-electron chi connectivity index (χ4n) is 2.57. The van der Waals surface area contributed by atoms with E-state index in [2.05, 4.69) is 33.9 Å². The maximum atomic E-state index is 11.0. The number of aromatic nitrogens is 1. The third kappa shape index (κ3) is 4.04. The van der Waals surface area contributed by atoms with Crippen LogP contribution in [-0.4, -0.2) is 54.6 Å². The number of nitrogens with one attached hydrogen (secondary N) is 1. The number of pyridine rings is 1. The number of rotatable bonds is 5. The molecule has 1 N–H and O–H groups in total. The second-order valence-electron chi connectivity index (χ2n) is 5.76. The van der Waals surface area contributed by atoms with Crippen LogP contribution in [0.1, 0.15) is 13.8 Å². The fourth-order valence-corrected chi connectivity index (χ4v) is 2.57. The molecule has 1 aliphatic heterocycles. The summed E-state index contributed by atoms with van der Waals surface area (Å²) in [5.41, 5.74) is 0.0777. The quantitative estimate of drug-likeness (QED) is 0.659. The maximum Gasteiger partial charge on any atom is 0.276 e. The first-order valence-corrected chi connectivity index (χ1v) is 7.31. The molecular formula is C14H23N5O2. The SMILES string of the molecule is CNc1cc([N+](=O)[O-])cc(N2CCN(CC(C)C)CC2)n1. The molecule has 0 atom stereocenters. The lowest BCUT2D eigenvalue weighted by molar-refractivity contribution is -0.384. The van der Waals surface area contributed by atoms with Gasteiger partial charge >= 0.3 is 0 Å². The third-order valence-electron chi connectivity index (χ3n) is 3.58. The van der Waals surface area contributed by atoms with Gasteiger partial charge in [-0.05, 0) is 5.92 Å². The largest absolute Gasteiger partial charge is 0.373 e. The van der Waals surface area contributed by atoms with Gasteiger partial charge in [0.05, 0.1) is 17.1 Å². The first-order chi connectivity index (χ1) is 9.99. The Morgan fingerprint density at radius 2 is 2.00 bits per heavy atom. The Morgan fingerprint density at radius 3 is 2.52 bits per heavy atom. The van der Waals surface area contributed by atoms with E-state index in [4.69, 9.17) is 0 Å². The summed E-state index contributed by atoms with van der Waals surface area (Å²) < 4.78 is 0. The van der Waals surface area contributed by atoms with Crippen LogP contribution in [0.3, 0.4) is 0 Å². The van der Waals surface area contributed by atoms with Crippen LogP contribution in [-0.2, 0) is 0 Å². The van der Waals surface area contributed by atoms with Gasteiger partial charge in [-0.25, -0.2) is 4.98 Å². The van der Waals surface area contributed by atoms with Crippen LogP contribution < -0.4 is 10.2 Å². The van der Waals surface area contributed by atoms with E-state index >= 15 is 0 Å². The Kier molecular flexibility index (Phi) is 4.95. The number of piperazine rings is 1. The Labute approximate surface area is 125 Å². The minimum absolute atomic E-state index is 0.0777. The summed E-state index contributed by atoms with van der Waals surface area (Å²) in [6.07, 6.45) is 0. The first kappa shape index (κ1) is 15.5. The molecule has 2 heterocycles. The smallest absolute Gasteiger partial charge is 0.276 e. The van der Waals surface area contributed by atoms with Crippen molar-refractivity contribution in [2.24, 2.45) is 5.92 Å². The summed E-state index contributed by atoms with van der Waals surface area (Å²) in [6.45, 7) is 9.17. The first-order valence-electron chi connectivity index (χ1n) is 7.31. The highest BCUT2D eigenvalue weighted by molar-refractivity contribution is 5.55.